The summed E-state index contributed by atoms with van der Waals surface area (Å²) < 4.78 is 0. The summed E-state index contributed by atoms with van der Waals surface area (Å²) in [6, 6.07) is 0. The summed E-state index contributed by atoms with van der Waals surface area (Å²) in [5, 5.41) is 6.83. The summed E-state index contributed by atoms with van der Waals surface area (Å²) in [7, 11) is 0. The molecule has 0 unspecified atom stereocenters. The van der Waals surface area contributed by atoms with Crippen molar-refractivity contribution < 1.29 is 9.59 Å². The molecule has 17 heavy (non-hydrogen) atoms. The highest BCUT2D eigenvalue weighted by Crippen LogP contribution is 2.15. The largest absolute Gasteiger partial charge is 0.355 e. The smallest absolute Gasteiger partial charge is 0.252 e. The molecule has 0 aromatic carbocycles. The average molecular weight is 237 g/mol. The predicted octanol–water partition coefficient (Wildman–Crippen LogP) is 0.949. The van der Waals surface area contributed by atoms with E-state index >= 15 is 0 Å². The van der Waals surface area contributed by atoms with Crippen LogP contribution in [0.3, 0.4) is 0 Å². The van der Waals surface area contributed by atoms with Gasteiger partial charge in [0, 0.05) is 12.3 Å². The van der Waals surface area contributed by atoms with Crippen LogP contribution in [0.4, 0.5) is 0 Å². The lowest BCUT2D eigenvalue weighted by molar-refractivity contribution is -0.136. The van der Waals surface area contributed by atoms with Gasteiger partial charge in [0.15, 0.2) is 0 Å². The number of carbonyl (C=O) groups excluding carboxylic acids is 2. The van der Waals surface area contributed by atoms with E-state index in [1.54, 1.807) is 0 Å². The maximum Gasteiger partial charge on any atom is 0.252 e. The number of nitrogens with zero attached hydrogens (tertiary/aromatic N) is 1. The zero-order valence-corrected chi connectivity index (χ0v) is 10.00. The molecule has 2 N–H and O–H groups in total. The van der Waals surface area contributed by atoms with Gasteiger partial charge in [-0.2, -0.15) is 5.10 Å². The van der Waals surface area contributed by atoms with Crippen molar-refractivity contribution in [2.24, 2.45) is 11.0 Å². The number of piperidine rings is 1. The SMILES string of the molecule is O=C1NCCC[C@H]1C(=O)NN=C1CCCCC1. The Balaban J connectivity index is 1.85. The molecule has 1 saturated carbocycles. The van der Waals surface area contributed by atoms with E-state index in [1.807, 2.05) is 0 Å². The average Bonchev–Trinajstić information content (AvgIpc) is 2.38. The zero-order chi connectivity index (χ0) is 12.1. The first-order chi connectivity index (χ1) is 8.27. The highest BCUT2D eigenvalue weighted by molar-refractivity contribution is 6.01. The minimum atomic E-state index is -0.559. The second-order valence-electron chi connectivity index (χ2n) is 4.70. The van der Waals surface area contributed by atoms with E-state index in [0.717, 1.165) is 37.8 Å². The van der Waals surface area contributed by atoms with Crippen LogP contribution in [-0.4, -0.2) is 24.1 Å². The summed E-state index contributed by atoms with van der Waals surface area (Å²) in [4.78, 5) is 23.2. The maximum absolute atomic E-state index is 11.8. The van der Waals surface area contributed by atoms with Gasteiger partial charge in [0.2, 0.25) is 5.91 Å². The van der Waals surface area contributed by atoms with Crippen LogP contribution in [0, 0.1) is 5.92 Å². The minimum absolute atomic E-state index is 0.169. The maximum atomic E-state index is 11.8. The van der Waals surface area contributed by atoms with E-state index in [1.165, 1.54) is 6.42 Å². The Kier molecular flexibility index (Phi) is 4.12. The predicted molar refractivity (Wildman–Crippen MR) is 64.4 cm³/mol. The number of amides is 2. The van der Waals surface area contributed by atoms with E-state index in [9.17, 15) is 9.59 Å². The molecule has 2 aliphatic rings. The van der Waals surface area contributed by atoms with Gasteiger partial charge in [-0.15, -0.1) is 0 Å². The van der Waals surface area contributed by atoms with Crippen LogP contribution in [0.2, 0.25) is 0 Å². The number of hydrogen-bond acceptors (Lipinski definition) is 3. The molecule has 0 aromatic heterocycles. The highest BCUT2D eigenvalue weighted by atomic mass is 16.2. The number of nitrogens with one attached hydrogen (secondary N) is 2. The summed E-state index contributed by atoms with van der Waals surface area (Å²) >= 11 is 0. The zero-order valence-electron chi connectivity index (χ0n) is 10.00. The van der Waals surface area contributed by atoms with Crippen LogP contribution in [0.1, 0.15) is 44.9 Å². The number of carbonyl (C=O) groups is 2. The van der Waals surface area contributed by atoms with Gasteiger partial charge < -0.3 is 5.32 Å². The van der Waals surface area contributed by atoms with Crippen molar-refractivity contribution in [1.82, 2.24) is 10.7 Å². The van der Waals surface area contributed by atoms with Crippen molar-refractivity contribution in [2.75, 3.05) is 6.54 Å². The van der Waals surface area contributed by atoms with Crippen LogP contribution in [-0.2, 0) is 9.59 Å². The van der Waals surface area contributed by atoms with Gasteiger partial charge in [-0.05, 0) is 38.5 Å². The molecule has 5 heteroatoms. The minimum Gasteiger partial charge on any atom is -0.355 e. The van der Waals surface area contributed by atoms with Crippen LogP contribution >= 0.6 is 0 Å². The molecule has 0 radical (unpaired) electrons. The molecule has 1 aliphatic carbocycles. The van der Waals surface area contributed by atoms with Gasteiger partial charge >= 0.3 is 0 Å². The Labute approximate surface area is 101 Å². The molecule has 5 nitrogen and oxygen atoms in total. The van der Waals surface area contributed by atoms with E-state index < -0.39 is 5.92 Å². The van der Waals surface area contributed by atoms with Gasteiger partial charge in [0.05, 0.1) is 0 Å². The third-order valence-corrected chi connectivity index (χ3v) is 3.36. The molecular weight excluding hydrogens is 218 g/mol. The van der Waals surface area contributed by atoms with Crippen LogP contribution in [0.25, 0.3) is 0 Å². The standard InChI is InChI=1S/C12H19N3O2/c16-11-10(7-4-8-13-11)12(17)15-14-9-5-2-1-3-6-9/h10H,1-8H2,(H,13,16)(H,15,17)/t10-/m1/s1. The monoisotopic (exact) mass is 237 g/mol. The lowest BCUT2D eigenvalue weighted by Crippen LogP contribution is -2.44. The van der Waals surface area contributed by atoms with Crippen molar-refractivity contribution in [1.29, 1.82) is 0 Å². The number of hydrogen-bond donors (Lipinski definition) is 2. The Hall–Kier alpha value is -1.39. The van der Waals surface area contributed by atoms with Crippen LogP contribution in [0.15, 0.2) is 5.10 Å². The molecule has 1 saturated heterocycles. The molecule has 1 atom stereocenters. The van der Waals surface area contributed by atoms with Crippen molar-refractivity contribution in [2.45, 2.75) is 44.9 Å². The van der Waals surface area contributed by atoms with E-state index in [2.05, 4.69) is 15.8 Å². The normalized spacial score (nSPS) is 25.1. The lowest BCUT2D eigenvalue weighted by Gasteiger charge is -2.20. The molecule has 2 rings (SSSR count). The van der Waals surface area contributed by atoms with Crippen molar-refractivity contribution >= 4 is 17.5 Å². The van der Waals surface area contributed by atoms with Crippen molar-refractivity contribution in [3.8, 4) is 0 Å². The molecule has 0 aromatic rings. The molecule has 2 amide bonds. The fraction of sp³-hybridized carbons (Fsp3) is 0.750. The van der Waals surface area contributed by atoms with E-state index in [4.69, 9.17) is 0 Å². The highest BCUT2D eigenvalue weighted by Gasteiger charge is 2.28. The molecule has 0 bridgehead atoms. The number of rotatable bonds is 2. The third-order valence-electron chi connectivity index (χ3n) is 3.36. The summed E-state index contributed by atoms with van der Waals surface area (Å²) in [6.45, 7) is 0.678. The second-order valence-corrected chi connectivity index (χ2v) is 4.70. The first-order valence-electron chi connectivity index (χ1n) is 6.40. The Morgan fingerprint density at radius 2 is 2.00 bits per heavy atom. The fourth-order valence-electron chi connectivity index (χ4n) is 2.31. The molecule has 2 fully saturated rings. The van der Waals surface area contributed by atoms with Gasteiger partial charge in [0.25, 0.3) is 5.91 Å². The summed E-state index contributed by atoms with van der Waals surface area (Å²) in [5.41, 5.74) is 3.60. The van der Waals surface area contributed by atoms with Crippen molar-refractivity contribution in [3.05, 3.63) is 0 Å². The molecule has 94 valence electrons. The van der Waals surface area contributed by atoms with Crippen LogP contribution in [0.5, 0.6) is 0 Å². The Morgan fingerprint density at radius 3 is 2.71 bits per heavy atom. The first kappa shape index (κ1) is 12.1. The Bertz CT molecular complexity index is 331. The number of hydrazone groups is 1. The molecular formula is C12H19N3O2. The quantitative estimate of drug-likeness (QED) is 0.554. The van der Waals surface area contributed by atoms with Gasteiger partial charge in [-0.1, -0.05) is 6.42 Å². The fourth-order valence-corrected chi connectivity index (χ4v) is 2.31. The first-order valence-corrected chi connectivity index (χ1v) is 6.40. The molecule has 1 heterocycles. The topological polar surface area (TPSA) is 70.6 Å². The Morgan fingerprint density at radius 1 is 1.24 bits per heavy atom. The van der Waals surface area contributed by atoms with Gasteiger partial charge in [-0.25, -0.2) is 5.43 Å². The molecule has 0 spiro atoms. The summed E-state index contributed by atoms with van der Waals surface area (Å²) in [5.74, 6) is -0.991. The lowest BCUT2D eigenvalue weighted by atomic mass is 9.98. The summed E-state index contributed by atoms with van der Waals surface area (Å²) in [6.07, 6.45) is 6.98. The van der Waals surface area contributed by atoms with Gasteiger partial charge in [0.1, 0.15) is 5.92 Å². The van der Waals surface area contributed by atoms with E-state index in [-0.39, 0.29) is 11.8 Å². The van der Waals surface area contributed by atoms with Gasteiger partial charge in [-0.3, -0.25) is 9.59 Å². The van der Waals surface area contributed by atoms with E-state index in [0.29, 0.717) is 13.0 Å². The second kappa shape index (κ2) is 5.80. The third kappa shape index (κ3) is 3.28. The van der Waals surface area contributed by atoms with Crippen molar-refractivity contribution in [3.63, 3.8) is 0 Å². The van der Waals surface area contributed by atoms with Crippen LogP contribution < -0.4 is 10.7 Å². The molecule has 1 aliphatic heterocycles.